The van der Waals surface area contributed by atoms with E-state index in [1.165, 1.54) is 37.3 Å². The predicted octanol–water partition coefficient (Wildman–Crippen LogP) is 4.94. The zero-order chi connectivity index (χ0) is 32.7. The lowest BCUT2D eigenvalue weighted by Gasteiger charge is -2.34. The number of benzene rings is 3. The fraction of sp³-hybridized carbons (Fsp3) is 0.394. The van der Waals surface area contributed by atoms with Gasteiger partial charge in [-0.3, -0.25) is 13.9 Å². The van der Waals surface area contributed by atoms with Gasteiger partial charge in [0.15, 0.2) is 11.5 Å². The van der Waals surface area contributed by atoms with Crippen molar-refractivity contribution in [1.29, 1.82) is 0 Å². The first kappa shape index (κ1) is 34.2. The van der Waals surface area contributed by atoms with Crippen LogP contribution in [0.2, 0.25) is 0 Å². The number of carbonyl (C=O) groups excluding carboxylic acids is 2. The van der Waals surface area contributed by atoms with Gasteiger partial charge in [0.25, 0.3) is 10.0 Å². The molecule has 0 fully saturated rings. The van der Waals surface area contributed by atoms with E-state index in [0.717, 1.165) is 15.4 Å². The first-order valence-corrected chi connectivity index (χ1v) is 15.7. The Morgan fingerprint density at radius 2 is 1.48 bits per heavy atom. The van der Waals surface area contributed by atoms with Gasteiger partial charge >= 0.3 is 0 Å². The standard InChI is InChI=1S/C33H43N3O7S/c1-9-28(32(38)34-33(3,4)5)35(21-24-12-16-26(41-6)17-13-24)31(37)22-36(25-14-10-23(2)11-15-25)44(39,40)27-18-19-29(42-7)30(20-27)43-8/h10-20,28H,9,21-22H2,1-8H3,(H,34,38)/t28-/m1/s1. The van der Waals surface area contributed by atoms with E-state index in [1.807, 2.05) is 46.8 Å². The minimum Gasteiger partial charge on any atom is -0.497 e. The molecule has 10 nitrogen and oxygen atoms in total. The second-order valence-corrected chi connectivity index (χ2v) is 13.3. The van der Waals surface area contributed by atoms with Gasteiger partial charge in [0.1, 0.15) is 18.3 Å². The Hall–Kier alpha value is -4.25. The summed E-state index contributed by atoms with van der Waals surface area (Å²) in [6.45, 7) is 8.83. The Kier molecular flexibility index (Phi) is 11.3. The van der Waals surface area contributed by atoms with Gasteiger partial charge in [-0.1, -0.05) is 36.8 Å². The number of hydrogen-bond acceptors (Lipinski definition) is 7. The summed E-state index contributed by atoms with van der Waals surface area (Å²) in [4.78, 5) is 29.1. The van der Waals surface area contributed by atoms with Gasteiger partial charge in [0.2, 0.25) is 11.8 Å². The summed E-state index contributed by atoms with van der Waals surface area (Å²) in [5.41, 5.74) is 1.44. The maximum absolute atomic E-state index is 14.3. The van der Waals surface area contributed by atoms with Gasteiger partial charge in [-0.15, -0.1) is 0 Å². The molecule has 0 saturated carbocycles. The van der Waals surface area contributed by atoms with Crippen molar-refractivity contribution in [3.8, 4) is 17.2 Å². The number of nitrogens with zero attached hydrogens (tertiary/aromatic N) is 2. The minimum absolute atomic E-state index is 0.0804. The zero-order valence-corrected chi connectivity index (χ0v) is 27.5. The lowest BCUT2D eigenvalue weighted by Crippen LogP contribution is -2.55. The van der Waals surface area contributed by atoms with Crippen LogP contribution in [-0.4, -0.2) is 64.6 Å². The normalized spacial score (nSPS) is 12.2. The average Bonchev–Trinajstić information content (AvgIpc) is 2.99. The molecule has 1 atom stereocenters. The van der Waals surface area contributed by atoms with Crippen molar-refractivity contribution in [2.45, 2.75) is 64.1 Å². The van der Waals surface area contributed by atoms with Crippen LogP contribution in [0, 0.1) is 6.92 Å². The zero-order valence-electron chi connectivity index (χ0n) is 26.7. The molecule has 3 aromatic rings. The third kappa shape index (κ3) is 8.43. The highest BCUT2D eigenvalue weighted by molar-refractivity contribution is 7.92. The fourth-order valence-corrected chi connectivity index (χ4v) is 6.07. The highest BCUT2D eigenvalue weighted by Crippen LogP contribution is 2.32. The summed E-state index contributed by atoms with van der Waals surface area (Å²) in [7, 11) is 0.155. The lowest BCUT2D eigenvalue weighted by molar-refractivity contribution is -0.141. The molecule has 0 aliphatic heterocycles. The topological polar surface area (TPSA) is 114 Å². The number of rotatable bonds is 13. The smallest absolute Gasteiger partial charge is 0.264 e. The van der Waals surface area contributed by atoms with Gasteiger partial charge in [0.05, 0.1) is 31.9 Å². The number of sulfonamides is 1. The molecule has 1 N–H and O–H groups in total. The first-order chi connectivity index (χ1) is 20.7. The third-order valence-electron chi connectivity index (χ3n) is 6.94. The summed E-state index contributed by atoms with van der Waals surface area (Å²) in [5.74, 6) is 0.379. The van der Waals surface area contributed by atoms with Crippen LogP contribution in [0.5, 0.6) is 17.2 Å². The number of hydrogen-bond donors (Lipinski definition) is 1. The molecule has 3 aromatic carbocycles. The fourth-order valence-electron chi connectivity index (χ4n) is 4.64. The van der Waals surface area contributed by atoms with Gasteiger partial charge in [-0.2, -0.15) is 0 Å². The molecule has 0 unspecified atom stereocenters. The number of nitrogens with one attached hydrogen (secondary N) is 1. The highest BCUT2D eigenvalue weighted by Gasteiger charge is 2.35. The number of ether oxygens (including phenoxy) is 3. The van der Waals surface area contributed by atoms with Crippen molar-refractivity contribution < 1.29 is 32.2 Å². The Labute approximate surface area is 261 Å². The average molecular weight is 626 g/mol. The van der Waals surface area contributed by atoms with Crippen LogP contribution in [0.25, 0.3) is 0 Å². The SMILES string of the molecule is CC[C@H](C(=O)NC(C)(C)C)N(Cc1ccc(OC)cc1)C(=O)CN(c1ccc(C)cc1)S(=O)(=O)c1ccc(OC)c(OC)c1. The number of amides is 2. The van der Waals surface area contributed by atoms with Crippen molar-refractivity contribution in [1.82, 2.24) is 10.2 Å². The van der Waals surface area contributed by atoms with Crippen LogP contribution in [0.15, 0.2) is 71.6 Å². The van der Waals surface area contributed by atoms with E-state index in [9.17, 15) is 18.0 Å². The predicted molar refractivity (Wildman–Crippen MR) is 171 cm³/mol. The van der Waals surface area contributed by atoms with Crippen LogP contribution in [0.4, 0.5) is 5.69 Å². The molecule has 0 saturated heterocycles. The molecular formula is C33H43N3O7S. The summed E-state index contributed by atoms with van der Waals surface area (Å²) in [6, 6.07) is 17.4. The van der Waals surface area contributed by atoms with Gasteiger partial charge < -0.3 is 24.4 Å². The Morgan fingerprint density at radius 1 is 0.864 bits per heavy atom. The largest absolute Gasteiger partial charge is 0.497 e. The van der Waals surface area contributed by atoms with E-state index >= 15 is 0 Å². The lowest BCUT2D eigenvalue weighted by atomic mass is 10.1. The molecular weight excluding hydrogens is 582 g/mol. The summed E-state index contributed by atoms with van der Waals surface area (Å²) in [5, 5.41) is 2.97. The maximum Gasteiger partial charge on any atom is 0.264 e. The molecule has 0 heterocycles. The molecule has 0 aliphatic carbocycles. The van der Waals surface area contributed by atoms with Gasteiger partial charge in [-0.25, -0.2) is 8.42 Å². The Balaban J connectivity index is 2.10. The third-order valence-corrected chi connectivity index (χ3v) is 8.71. The maximum atomic E-state index is 14.3. The Bertz CT molecular complexity index is 1530. The summed E-state index contributed by atoms with van der Waals surface area (Å²) >= 11 is 0. The molecule has 0 aromatic heterocycles. The molecule has 0 bridgehead atoms. The summed E-state index contributed by atoms with van der Waals surface area (Å²) in [6.07, 6.45) is 0.316. The van der Waals surface area contributed by atoms with Crippen LogP contribution in [-0.2, 0) is 26.2 Å². The minimum atomic E-state index is -4.28. The van der Waals surface area contributed by atoms with Crippen molar-refractivity contribution >= 4 is 27.5 Å². The van der Waals surface area contributed by atoms with Crippen LogP contribution >= 0.6 is 0 Å². The molecule has 11 heteroatoms. The Morgan fingerprint density at radius 3 is 2.00 bits per heavy atom. The van der Waals surface area contributed by atoms with Gasteiger partial charge in [-0.05, 0) is 76.1 Å². The van der Waals surface area contributed by atoms with Crippen molar-refractivity contribution in [3.05, 3.63) is 77.9 Å². The van der Waals surface area contributed by atoms with Gasteiger partial charge in [0, 0.05) is 18.2 Å². The van der Waals surface area contributed by atoms with Crippen LogP contribution in [0.3, 0.4) is 0 Å². The van der Waals surface area contributed by atoms with E-state index in [4.69, 9.17) is 14.2 Å². The molecule has 3 rings (SSSR count). The number of carbonyl (C=O) groups is 2. The molecule has 0 aliphatic rings. The molecule has 44 heavy (non-hydrogen) atoms. The molecule has 238 valence electrons. The quantitative estimate of drug-likeness (QED) is 0.286. The van der Waals surface area contributed by atoms with E-state index < -0.39 is 34.1 Å². The number of anilines is 1. The van der Waals surface area contributed by atoms with E-state index in [2.05, 4.69) is 5.32 Å². The molecule has 0 radical (unpaired) electrons. The van der Waals surface area contributed by atoms with E-state index in [1.54, 1.807) is 43.5 Å². The first-order valence-electron chi connectivity index (χ1n) is 14.3. The number of methoxy groups -OCH3 is 3. The summed E-state index contributed by atoms with van der Waals surface area (Å²) < 4.78 is 45.4. The second kappa shape index (κ2) is 14.5. The van der Waals surface area contributed by atoms with Crippen molar-refractivity contribution in [2.24, 2.45) is 0 Å². The second-order valence-electron chi connectivity index (χ2n) is 11.4. The molecule has 0 spiro atoms. The highest BCUT2D eigenvalue weighted by atomic mass is 32.2. The van der Waals surface area contributed by atoms with Crippen molar-refractivity contribution in [3.63, 3.8) is 0 Å². The number of aryl methyl sites for hydroxylation is 1. The van der Waals surface area contributed by atoms with E-state index in [0.29, 0.717) is 23.6 Å². The monoisotopic (exact) mass is 625 g/mol. The van der Waals surface area contributed by atoms with E-state index in [-0.39, 0.29) is 23.1 Å². The molecule has 2 amide bonds. The van der Waals surface area contributed by atoms with Crippen molar-refractivity contribution in [2.75, 3.05) is 32.2 Å². The van der Waals surface area contributed by atoms with Crippen LogP contribution in [0.1, 0.15) is 45.2 Å². The van der Waals surface area contributed by atoms with Crippen LogP contribution < -0.4 is 23.8 Å².